The molecule has 0 bridgehead atoms. The highest BCUT2D eigenvalue weighted by Gasteiger charge is 1.98. The summed E-state index contributed by atoms with van der Waals surface area (Å²) < 4.78 is 0.984. The number of aromatic nitrogens is 2. The summed E-state index contributed by atoms with van der Waals surface area (Å²) in [5, 5.41) is 0. The Balaban J connectivity index is 2.86. The maximum absolute atomic E-state index is 4.30. The molecule has 0 aliphatic heterocycles. The second-order valence-corrected chi connectivity index (χ2v) is 3.32. The Morgan fingerprint density at radius 3 is 2.82 bits per heavy atom. The van der Waals surface area contributed by atoms with Crippen LogP contribution in [-0.4, -0.2) is 9.97 Å². The van der Waals surface area contributed by atoms with E-state index in [0.29, 0.717) is 0 Å². The molecule has 3 heteroatoms. The van der Waals surface area contributed by atoms with Gasteiger partial charge in [0.25, 0.3) is 0 Å². The minimum Gasteiger partial charge on any atom is -0.240 e. The minimum absolute atomic E-state index is 0.938. The van der Waals surface area contributed by atoms with Crippen molar-refractivity contribution in [2.75, 3.05) is 0 Å². The Morgan fingerprint density at radius 2 is 2.27 bits per heavy atom. The maximum Gasteiger partial charge on any atom is 0.128 e. The van der Waals surface area contributed by atoms with E-state index in [1.807, 2.05) is 13.1 Å². The lowest BCUT2D eigenvalue weighted by Crippen LogP contribution is -1.96. The minimum atomic E-state index is 0.938. The van der Waals surface area contributed by atoms with Crippen LogP contribution in [0.3, 0.4) is 0 Å². The van der Waals surface area contributed by atoms with Crippen LogP contribution in [0.2, 0.25) is 0 Å². The molecule has 2 nitrogen and oxygen atoms in total. The van der Waals surface area contributed by atoms with E-state index in [9.17, 15) is 0 Å². The normalized spacial score (nSPS) is 10.1. The Kier molecular flexibility index (Phi) is 3.00. The summed E-state index contributed by atoms with van der Waals surface area (Å²) in [4.78, 5) is 8.48. The summed E-state index contributed by atoms with van der Waals surface area (Å²) in [6.07, 6.45) is 3.88. The average molecular weight is 215 g/mol. The van der Waals surface area contributed by atoms with E-state index in [4.69, 9.17) is 0 Å². The fourth-order valence-corrected chi connectivity index (χ4v) is 1.04. The lowest BCUT2D eigenvalue weighted by molar-refractivity contribution is 0.821. The van der Waals surface area contributed by atoms with E-state index < -0.39 is 0 Å². The van der Waals surface area contributed by atoms with Crippen LogP contribution in [-0.2, 0) is 6.42 Å². The topological polar surface area (TPSA) is 25.8 Å². The molecule has 1 heterocycles. The smallest absolute Gasteiger partial charge is 0.128 e. The van der Waals surface area contributed by atoms with Gasteiger partial charge in [-0.3, -0.25) is 0 Å². The van der Waals surface area contributed by atoms with Crippen LogP contribution in [0.1, 0.15) is 24.9 Å². The van der Waals surface area contributed by atoms with Crippen molar-refractivity contribution in [2.24, 2.45) is 0 Å². The van der Waals surface area contributed by atoms with Crippen molar-refractivity contribution in [1.29, 1.82) is 0 Å². The predicted octanol–water partition coefficient (Wildman–Crippen LogP) is 2.50. The summed E-state index contributed by atoms with van der Waals surface area (Å²) in [6, 6.07) is 0. The number of rotatable bonds is 2. The van der Waals surface area contributed by atoms with Crippen LogP contribution in [0.15, 0.2) is 10.7 Å². The monoisotopic (exact) mass is 214 g/mol. The van der Waals surface area contributed by atoms with E-state index in [1.54, 1.807) is 0 Å². The molecule has 1 aromatic rings. The zero-order chi connectivity index (χ0) is 8.27. The first-order chi connectivity index (χ1) is 5.24. The van der Waals surface area contributed by atoms with Gasteiger partial charge in [-0.2, -0.15) is 0 Å². The van der Waals surface area contributed by atoms with Crippen molar-refractivity contribution in [3.05, 3.63) is 22.2 Å². The molecule has 0 saturated carbocycles. The predicted molar refractivity (Wildman–Crippen MR) is 48.5 cm³/mol. The zero-order valence-electron chi connectivity index (χ0n) is 6.76. The van der Waals surface area contributed by atoms with E-state index >= 15 is 0 Å². The molecular weight excluding hydrogens is 204 g/mol. The Labute approximate surface area is 75.2 Å². The number of hydrogen-bond acceptors (Lipinski definition) is 2. The van der Waals surface area contributed by atoms with Gasteiger partial charge in [-0.1, -0.05) is 6.92 Å². The molecule has 0 fully saturated rings. The van der Waals surface area contributed by atoms with Crippen LogP contribution in [0.5, 0.6) is 0 Å². The molecule has 0 aliphatic rings. The number of hydrogen-bond donors (Lipinski definition) is 0. The summed E-state index contributed by atoms with van der Waals surface area (Å²) in [5.41, 5.74) is 1.02. The molecule has 0 N–H and O–H groups in total. The second-order valence-electron chi connectivity index (χ2n) is 2.47. The second kappa shape index (κ2) is 3.81. The quantitative estimate of drug-likeness (QED) is 0.757. The Bertz CT molecular complexity index is 248. The van der Waals surface area contributed by atoms with Gasteiger partial charge in [0.05, 0.1) is 10.2 Å². The molecule has 60 valence electrons. The molecule has 1 aromatic heterocycles. The standard InChI is InChI=1S/C8H11BrN2/c1-3-4-8-10-5-7(9)6(2)11-8/h5H,3-4H2,1-2H3. The molecular formula is C8H11BrN2. The molecule has 0 radical (unpaired) electrons. The largest absolute Gasteiger partial charge is 0.240 e. The van der Waals surface area contributed by atoms with Crippen molar-refractivity contribution >= 4 is 15.9 Å². The first kappa shape index (κ1) is 8.65. The van der Waals surface area contributed by atoms with Crippen LogP contribution in [0.25, 0.3) is 0 Å². The number of halogens is 1. The van der Waals surface area contributed by atoms with Crippen LogP contribution in [0.4, 0.5) is 0 Å². The zero-order valence-corrected chi connectivity index (χ0v) is 8.35. The molecule has 0 atom stereocenters. The third-order valence-electron chi connectivity index (χ3n) is 1.44. The van der Waals surface area contributed by atoms with Gasteiger partial charge in [0, 0.05) is 12.6 Å². The molecule has 1 rings (SSSR count). The lowest BCUT2D eigenvalue weighted by atomic mass is 10.3. The SMILES string of the molecule is CCCc1ncc(Br)c(C)n1. The summed E-state index contributed by atoms with van der Waals surface area (Å²) in [7, 11) is 0. The Hall–Kier alpha value is -0.440. The van der Waals surface area contributed by atoms with E-state index in [1.165, 1.54) is 0 Å². The van der Waals surface area contributed by atoms with Crippen molar-refractivity contribution in [1.82, 2.24) is 9.97 Å². The molecule has 0 aliphatic carbocycles. The molecule has 11 heavy (non-hydrogen) atoms. The average Bonchev–Trinajstić information content (AvgIpc) is 1.98. The first-order valence-corrected chi connectivity index (χ1v) is 4.51. The molecule has 0 unspecified atom stereocenters. The van der Waals surface area contributed by atoms with Crippen molar-refractivity contribution in [3.8, 4) is 0 Å². The highest BCUT2D eigenvalue weighted by Crippen LogP contribution is 2.11. The van der Waals surface area contributed by atoms with E-state index in [-0.39, 0.29) is 0 Å². The van der Waals surface area contributed by atoms with Gasteiger partial charge < -0.3 is 0 Å². The summed E-state index contributed by atoms with van der Waals surface area (Å²) in [5.74, 6) is 0.938. The van der Waals surface area contributed by atoms with Crippen LogP contribution < -0.4 is 0 Å². The van der Waals surface area contributed by atoms with E-state index in [2.05, 4.69) is 32.8 Å². The molecule has 0 aromatic carbocycles. The highest BCUT2D eigenvalue weighted by molar-refractivity contribution is 9.10. The van der Waals surface area contributed by atoms with Gasteiger partial charge in [0.1, 0.15) is 5.82 Å². The fraction of sp³-hybridized carbons (Fsp3) is 0.500. The van der Waals surface area contributed by atoms with Gasteiger partial charge in [0.15, 0.2) is 0 Å². The third-order valence-corrected chi connectivity index (χ3v) is 2.22. The summed E-state index contributed by atoms with van der Waals surface area (Å²) >= 11 is 3.36. The van der Waals surface area contributed by atoms with Gasteiger partial charge >= 0.3 is 0 Å². The molecule has 0 spiro atoms. The van der Waals surface area contributed by atoms with Gasteiger partial charge in [-0.05, 0) is 29.3 Å². The lowest BCUT2D eigenvalue weighted by Gasteiger charge is -1.99. The van der Waals surface area contributed by atoms with Gasteiger partial charge in [-0.25, -0.2) is 9.97 Å². The van der Waals surface area contributed by atoms with Crippen LogP contribution in [0, 0.1) is 6.92 Å². The highest BCUT2D eigenvalue weighted by atomic mass is 79.9. The van der Waals surface area contributed by atoms with Gasteiger partial charge in [0.2, 0.25) is 0 Å². The number of aryl methyl sites for hydroxylation is 2. The van der Waals surface area contributed by atoms with Crippen LogP contribution >= 0.6 is 15.9 Å². The van der Waals surface area contributed by atoms with Crippen molar-refractivity contribution in [2.45, 2.75) is 26.7 Å². The van der Waals surface area contributed by atoms with Gasteiger partial charge in [-0.15, -0.1) is 0 Å². The fourth-order valence-electron chi connectivity index (χ4n) is 0.845. The molecule has 0 amide bonds. The first-order valence-electron chi connectivity index (χ1n) is 3.72. The molecule has 0 saturated heterocycles. The number of nitrogens with zero attached hydrogens (tertiary/aromatic N) is 2. The van der Waals surface area contributed by atoms with E-state index in [0.717, 1.165) is 28.8 Å². The van der Waals surface area contributed by atoms with Crippen molar-refractivity contribution in [3.63, 3.8) is 0 Å². The maximum atomic E-state index is 4.30. The van der Waals surface area contributed by atoms with Crippen molar-refractivity contribution < 1.29 is 0 Å². The Morgan fingerprint density at radius 1 is 1.55 bits per heavy atom. The third kappa shape index (κ3) is 2.26. The summed E-state index contributed by atoms with van der Waals surface area (Å²) in [6.45, 7) is 4.10.